The topological polar surface area (TPSA) is 35.8 Å². The third-order valence-corrected chi connectivity index (χ3v) is 2.72. The lowest BCUT2D eigenvalue weighted by molar-refractivity contribution is 0.618. The second-order valence-corrected chi connectivity index (χ2v) is 3.70. The minimum Gasteiger partial charge on any atom is -0.306 e. The van der Waals surface area contributed by atoms with Crippen molar-refractivity contribution in [2.45, 2.75) is 25.8 Å². The maximum atomic E-state index is 8.86. The number of unbranched alkanes of at least 4 members (excludes halogenated alkanes) is 1. The monoisotopic (exact) mass is 186 g/mol. The molecule has 0 saturated carbocycles. The van der Waals surface area contributed by atoms with Gasteiger partial charge in [-0.05, 0) is 30.2 Å². The highest BCUT2D eigenvalue weighted by molar-refractivity contribution is 5.64. The van der Waals surface area contributed by atoms with E-state index in [1.165, 1.54) is 18.4 Å². The molecule has 2 rings (SSSR count). The largest absolute Gasteiger partial charge is 0.306 e. The van der Waals surface area contributed by atoms with E-state index in [2.05, 4.69) is 30.5 Å². The van der Waals surface area contributed by atoms with Crippen LogP contribution in [0.3, 0.4) is 0 Å². The van der Waals surface area contributed by atoms with Crippen LogP contribution in [0.4, 0.5) is 0 Å². The molecule has 0 aromatic heterocycles. The van der Waals surface area contributed by atoms with Crippen molar-refractivity contribution in [3.63, 3.8) is 0 Å². The summed E-state index contributed by atoms with van der Waals surface area (Å²) in [4.78, 5) is 0. The number of nitriles is 1. The molecule has 1 atom stereocenters. The first-order chi connectivity index (χ1) is 6.86. The van der Waals surface area contributed by atoms with Gasteiger partial charge in [-0.15, -0.1) is 0 Å². The van der Waals surface area contributed by atoms with E-state index in [9.17, 15) is 0 Å². The third kappa shape index (κ3) is 1.40. The van der Waals surface area contributed by atoms with E-state index >= 15 is 0 Å². The van der Waals surface area contributed by atoms with Crippen molar-refractivity contribution in [3.05, 3.63) is 34.9 Å². The van der Waals surface area contributed by atoms with Crippen molar-refractivity contribution in [2.75, 3.05) is 6.54 Å². The first kappa shape index (κ1) is 9.23. The van der Waals surface area contributed by atoms with E-state index in [1.54, 1.807) is 0 Å². The van der Waals surface area contributed by atoms with Crippen molar-refractivity contribution in [2.24, 2.45) is 0 Å². The van der Waals surface area contributed by atoms with E-state index in [-0.39, 0.29) is 0 Å². The summed E-state index contributed by atoms with van der Waals surface area (Å²) >= 11 is 0. The predicted molar refractivity (Wildman–Crippen MR) is 56.6 cm³/mol. The van der Waals surface area contributed by atoms with E-state index < -0.39 is 0 Å². The van der Waals surface area contributed by atoms with Gasteiger partial charge in [0.15, 0.2) is 0 Å². The molecule has 14 heavy (non-hydrogen) atoms. The Morgan fingerprint density at radius 2 is 2.36 bits per heavy atom. The number of nitrogens with one attached hydrogen (secondary N) is 1. The molecule has 0 fully saturated rings. The maximum Gasteiger partial charge on any atom is 0.0995 e. The maximum absolute atomic E-state index is 8.86. The van der Waals surface area contributed by atoms with Gasteiger partial charge in [-0.2, -0.15) is 5.26 Å². The number of allylic oxidation sites excluding steroid dienone is 2. The fourth-order valence-corrected chi connectivity index (χ4v) is 1.93. The molecule has 0 amide bonds. The van der Waals surface area contributed by atoms with Crippen LogP contribution >= 0.6 is 0 Å². The van der Waals surface area contributed by atoms with Crippen molar-refractivity contribution in [1.29, 1.82) is 5.26 Å². The summed E-state index contributed by atoms with van der Waals surface area (Å²) in [5.74, 6) is 0. The molecule has 2 nitrogen and oxygen atoms in total. The summed E-state index contributed by atoms with van der Waals surface area (Å²) in [7, 11) is 0. The number of hydrogen-bond donors (Lipinski definition) is 1. The molecule has 1 N–H and O–H groups in total. The van der Waals surface area contributed by atoms with E-state index in [0.717, 1.165) is 17.7 Å². The SMILES string of the molecule is CCCCNC1C2=CC(C#N)=C1C=C2. The number of rotatable bonds is 4. The molecule has 0 aliphatic heterocycles. The zero-order valence-corrected chi connectivity index (χ0v) is 8.38. The van der Waals surface area contributed by atoms with Crippen LogP contribution in [0.25, 0.3) is 0 Å². The van der Waals surface area contributed by atoms with Gasteiger partial charge in [-0.3, -0.25) is 0 Å². The summed E-state index contributed by atoms with van der Waals surface area (Å²) in [5, 5.41) is 12.3. The van der Waals surface area contributed by atoms with Crippen LogP contribution < -0.4 is 5.32 Å². The van der Waals surface area contributed by atoms with Crippen LogP contribution in [-0.4, -0.2) is 12.6 Å². The van der Waals surface area contributed by atoms with Crippen LogP contribution in [-0.2, 0) is 0 Å². The summed E-state index contributed by atoms with van der Waals surface area (Å²) in [6, 6.07) is 2.53. The Bertz CT molecular complexity index is 366. The van der Waals surface area contributed by atoms with Crippen molar-refractivity contribution >= 4 is 0 Å². The minimum absolute atomic E-state index is 0.302. The molecule has 0 spiro atoms. The second-order valence-electron chi connectivity index (χ2n) is 3.70. The summed E-state index contributed by atoms with van der Waals surface area (Å²) in [5.41, 5.74) is 3.22. The van der Waals surface area contributed by atoms with Crippen molar-refractivity contribution in [3.8, 4) is 6.07 Å². The van der Waals surface area contributed by atoms with Crippen molar-refractivity contribution in [1.82, 2.24) is 5.32 Å². The highest BCUT2D eigenvalue weighted by atomic mass is 14.9. The predicted octanol–water partition coefficient (Wildman–Crippen LogP) is 2.07. The van der Waals surface area contributed by atoms with Gasteiger partial charge < -0.3 is 5.32 Å². The minimum atomic E-state index is 0.302. The normalized spacial score (nSPS) is 22.9. The van der Waals surface area contributed by atoms with Crippen LogP contribution in [0.15, 0.2) is 34.9 Å². The Morgan fingerprint density at radius 3 is 3.00 bits per heavy atom. The lowest BCUT2D eigenvalue weighted by atomic mass is 10.1. The van der Waals surface area contributed by atoms with E-state index in [1.807, 2.05) is 6.08 Å². The van der Waals surface area contributed by atoms with E-state index in [0.29, 0.717) is 6.04 Å². The van der Waals surface area contributed by atoms with Crippen LogP contribution in [0.5, 0.6) is 0 Å². The average molecular weight is 186 g/mol. The van der Waals surface area contributed by atoms with Gasteiger partial charge in [0.2, 0.25) is 0 Å². The Hall–Kier alpha value is -1.33. The Labute approximate surface area is 84.6 Å². The van der Waals surface area contributed by atoms with Gasteiger partial charge in [-0.25, -0.2) is 0 Å². The first-order valence-corrected chi connectivity index (χ1v) is 5.14. The fourth-order valence-electron chi connectivity index (χ4n) is 1.93. The molecule has 0 saturated heterocycles. The molecule has 0 aromatic rings. The third-order valence-electron chi connectivity index (χ3n) is 2.72. The van der Waals surface area contributed by atoms with Gasteiger partial charge in [0.25, 0.3) is 0 Å². The molecular weight excluding hydrogens is 172 g/mol. The van der Waals surface area contributed by atoms with Gasteiger partial charge >= 0.3 is 0 Å². The van der Waals surface area contributed by atoms with Gasteiger partial charge in [0.1, 0.15) is 0 Å². The first-order valence-electron chi connectivity index (χ1n) is 5.14. The summed E-state index contributed by atoms with van der Waals surface area (Å²) in [6.45, 7) is 3.21. The molecule has 2 heteroatoms. The Kier molecular flexibility index (Phi) is 2.51. The zero-order chi connectivity index (χ0) is 9.97. The highest BCUT2D eigenvalue weighted by Crippen LogP contribution is 2.33. The standard InChI is InChI=1S/C12H14N2/c1-2-3-6-14-12-9-4-5-11(12)10(7-9)8-13/h4-5,7,12,14H,2-3,6H2,1H3. The molecule has 72 valence electrons. The number of nitrogens with zero attached hydrogens (tertiary/aromatic N) is 1. The Morgan fingerprint density at radius 1 is 1.50 bits per heavy atom. The molecule has 2 aliphatic carbocycles. The molecule has 1 unspecified atom stereocenters. The lowest BCUT2D eigenvalue weighted by Crippen LogP contribution is -2.29. The molecule has 0 radical (unpaired) electrons. The highest BCUT2D eigenvalue weighted by Gasteiger charge is 2.28. The summed E-state index contributed by atoms with van der Waals surface area (Å²) < 4.78 is 0. The molecule has 0 heterocycles. The van der Waals surface area contributed by atoms with E-state index in [4.69, 9.17) is 5.26 Å². The molecule has 2 bridgehead atoms. The number of fused-ring (bicyclic) bond motifs is 2. The smallest absolute Gasteiger partial charge is 0.0995 e. The lowest BCUT2D eigenvalue weighted by Gasteiger charge is -2.12. The van der Waals surface area contributed by atoms with Crippen molar-refractivity contribution < 1.29 is 0 Å². The average Bonchev–Trinajstić information content (AvgIpc) is 2.75. The number of hydrogen-bond acceptors (Lipinski definition) is 2. The quantitative estimate of drug-likeness (QED) is 0.682. The molecule has 0 aromatic carbocycles. The fraction of sp³-hybridized carbons (Fsp3) is 0.417. The molecule has 2 aliphatic rings. The van der Waals surface area contributed by atoms with Crippen LogP contribution in [0.1, 0.15) is 19.8 Å². The summed E-state index contributed by atoms with van der Waals surface area (Å²) in [6.07, 6.45) is 8.53. The van der Waals surface area contributed by atoms with Crippen LogP contribution in [0.2, 0.25) is 0 Å². The van der Waals surface area contributed by atoms with Gasteiger partial charge in [0, 0.05) is 0 Å². The molecular formula is C12H14N2. The van der Waals surface area contributed by atoms with Crippen LogP contribution in [0, 0.1) is 11.3 Å². The Balaban J connectivity index is 2.02. The second kappa shape index (κ2) is 3.81. The van der Waals surface area contributed by atoms with Gasteiger partial charge in [-0.1, -0.05) is 25.5 Å². The zero-order valence-electron chi connectivity index (χ0n) is 8.38. The van der Waals surface area contributed by atoms with Gasteiger partial charge in [0.05, 0.1) is 17.7 Å².